The van der Waals surface area contributed by atoms with Crippen molar-refractivity contribution in [3.8, 4) is 11.5 Å². The van der Waals surface area contributed by atoms with Gasteiger partial charge in [0.15, 0.2) is 0 Å². The van der Waals surface area contributed by atoms with Crippen molar-refractivity contribution in [1.82, 2.24) is 5.32 Å². The molecule has 1 amide bonds. The number of halogens is 1. The Morgan fingerprint density at radius 2 is 1.73 bits per heavy atom. The molecule has 26 heavy (non-hydrogen) atoms. The van der Waals surface area contributed by atoms with Gasteiger partial charge in [-0.25, -0.2) is 0 Å². The quantitative estimate of drug-likeness (QED) is 0.621. The van der Waals surface area contributed by atoms with Crippen LogP contribution in [0.3, 0.4) is 0 Å². The van der Waals surface area contributed by atoms with Gasteiger partial charge < -0.3 is 14.8 Å². The maximum atomic E-state index is 12.5. The molecule has 0 saturated heterocycles. The van der Waals surface area contributed by atoms with E-state index in [4.69, 9.17) is 21.1 Å². The van der Waals surface area contributed by atoms with Crippen LogP contribution in [0.15, 0.2) is 53.4 Å². The van der Waals surface area contributed by atoms with Crippen molar-refractivity contribution < 1.29 is 14.3 Å². The van der Waals surface area contributed by atoms with Gasteiger partial charge in [0.05, 0.1) is 18.4 Å². The standard InChI is InChI=1S/C20H24ClNO3S/c1-4-19(26-18-11-5-15(21)6-12-18)20(23)22-14(2)13-25-17-9-7-16(24-3)8-10-17/h5-12,14,19H,4,13H2,1-3H3,(H,22,23)/t14-,19-/m1/s1. The summed E-state index contributed by atoms with van der Waals surface area (Å²) < 4.78 is 10.8. The third-order valence-corrected chi connectivity index (χ3v) is 5.33. The Kier molecular flexibility index (Phi) is 8.13. The van der Waals surface area contributed by atoms with Gasteiger partial charge in [0.1, 0.15) is 18.1 Å². The number of thioether (sulfide) groups is 1. The number of amides is 1. The molecule has 0 aliphatic rings. The number of carbonyl (C=O) groups is 1. The molecular weight excluding hydrogens is 370 g/mol. The van der Waals surface area contributed by atoms with Crippen LogP contribution in [0.1, 0.15) is 20.3 Å². The number of ether oxygens (including phenoxy) is 2. The van der Waals surface area contributed by atoms with Crippen LogP contribution in [0.25, 0.3) is 0 Å². The number of hydrogen-bond acceptors (Lipinski definition) is 4. The Hall–Kier alpha value is -1.85. The van der Waals surface area contributed by atoms with Gasteiger partial charge in [-0.15, -0.1) is 11.8 Å². The SMILES string of the molecule is CC[C@@H](Sc1ccc(Cl)cc1)C(=O)N[C@H](C)COc1ccc(OC)cc1. The molecule has 0 aliphatic heterocycles. The van der Waals surface area contributed by atoms with Gasteiger partial charge in [-0.05, 0) is 61.9 Å². The van der Waals surface area contributed by atoms with Gasteiger partial charge in [-0.3, -0.25) is 4.79 Å². The van der Waals surface area contributed by atoms with E-state index >= 15 is 0 Å². The van der Waals surface area contributed by atoms with E-state index < -0.39 is 0 Å². The number of benzene rings is 2. The van der Waals surface area contributed by atoms with Crippen LogP contribution in [0.4, 0.5) is 0 Å². The fourth-order valence-electron chi connectivity index (χ4n) is 2.27. The molecule has 0 aliphatic carbocycles. The Morgan fingerprint density at radius 1 is 1.12 bits per heavy atom. The predicted molar refractivity (Wildman–Crippen MR) is 107 cm³/mol. The van der Waals surface area contributed by atoms with E-state index in [1.807, 2.05) is 62.4 Å². The topological polar surface area (TPSA) is 47.6 Å². The lowest BCUT2D eigenvalue weighted by molar-refractivity contribution is -0.121. The minimum absolute atomic E-state index is 0.0123. The van der Waals surface area contributed by atoms with Crippen molar-refractivity contribution in [2.45, 2.75) is 36.5 Å². The molecule has 0 aromatic heterocycles. The van der Waals surface area contributed by atoms with Crippen molar-refractivity contribution in [2.75, 3.05) is 13.7 Å². The third kappa shape index (κ3) is 6.46. The van der Waals surface area contributed by atoms with Crippen LogP contribution in [-0.2, 0) is 4.79 Å². The van der Waals surface area contributed by atoms with Crippen LogP contribution in [0.5, 0.6) is 11.5 Å². The van der Waals surface area contributed by atoms with Crippen molar-refractivity contribution in [2.24, 2.45) is 0 Å². The summed E-state index contributed by atoms with van der Waals surface area (Å²) in [5.41, 5.74) is 0. The zero-order chi connectivity index (χ0) is 18.9. The summed E-state index contributed by atoms with van der Waals surface area (Å²) in [6.45, 7) is 4.34. The summed E-state index contributed by atoms with van der Waals surface area (Å²) in [4.78, 5) is 13.5. The van der Waals surface area contributed by atoms with Crippen LogP contribution in [0, 0.1) is 0 Å². The van der Waals surface area contributed by atoms with E-state index in [9.17, 15) is 4.79 Å². The lowest BCUT2D eigenvalue weighted by Gasteiger charge is -2.19. The highest BCUT2D eigenvalue weighted by molar-refractivity contribution is 8.00. The lowest BCUT2D eigenvalue weighted by atomic mass is 10.2. The van der Waals surface area contributed by atoms with Gasteiger partial charge in [0.25, 0.3) is 0 Å². The average Bonchev–Trinajstić information content (AvgIpc) is 2.66. The normalized spacial score (nSPS) is 12.9. The maximum Gasteiger partial charge on any atom is 0.233 e. The van der Waals surface area contributed by atoms with Gasteiger partial charge in [-0.1, -0.05) is 18.5 Å². The van der Waals surface area contributed by atoms with E-state index in [0.29, 0.717) is 11.6 Å². The molecule has 4 nitrogen and oxygen atoms in total. The number of nitrogens with one attached hydrogen (secondary N) is 1. The number of carbonyl (C=O) groups excluding carboxylic acids is 1. The first-order chi connectivity index (χ1) is 12.5. The molecule has 2 aromatic carbocycles. The zero-order valence-corrected chi connectivity index (χ0v) is 16.8. The molecule has 0 radical (unpaired) electrons. The summed E-state index contributed by atoms with van der Waals surface area (Å²) in [5, 5.41) is 3.56. The summed E-state index contributed by atoms with van der Waals surface area (Å²) in [5.74, 6) is 1.54. The smallest absolute Gasteiger partial charge is 0.233 e. The second kappa shape index (κ2) is 10.3. The Morgan fingerprint density at radius 3 is 2.31 bits per heavy atom. The van der Waals surface area contributed by atoms with E-state index in [1.54, 1.807) is 18.9 Å². The Labute approximate surface area is 164 Å². The highest BCUT2D eigenvalue weighted by Crippen LogP contribution is 2.27. The molecule has 0 bridgehead atoms. The molecule has 0 unspecified atom stereocenters. The first-order valence-electron chi connectivity index (χ1n) is 8.51. The van der Waals surface area contributed by atoms with Crippen molar-refractivity contribution in [3.63, 3.8) is 0 Å². The van der Waals surface area contributed by atoms with E-state index in [1.165, 1.54) is 0 Å². The molecule has 1 N–H and O–H groups in total. The zero-order valence-electron chi connectivity index (χ0n) is 15.2. The number of hydrogen-bond donors (Lipinski definition) is 1. The van der Waals surface area contributed by atoms with E-state index in [2.05, 4.69) is 5.32 Å². The Balaban J connectivity index is 1.82. The van der Waals surface area contributed by atoms with Gasteiger partial charge in [0, 0.05) is 9.92 Å². The van der Waals surface area contributed by atoms with Crippen LogP contribution >= 0.6 is 23.4 Å². The van der Waals surface area contributed by atoms with Crippen LogP contribution in [0.2, 0.25) is 5.02 Å². The first-order valence-corrected chi connectivity index (χ1v) is 9.77. The fraction of sp³-hybridized carbons (Fsp3) is 0.350. The molecule has 0 heterocycles. The fourth-order valence-corrected chi connectivity index (χ4v) is 3.36. The number of methoxy groups -OCH3 is 1. The minimum Gasteiger partial charge on any atom is -0.497 e. The van der Waals surface area contributed by atoms with Gasteiger partial charge >= 0.3 is 0 Å². The van der Waals surface area contributed by atoms with Crippen molar-refractivity contribution in [3.05, 3.63) is 53.6 Å². The van der Waals surface area contributed by atoms with Crippen LogP contribution in [-0.4, -0.2) is 30.9 Å². The Bertz CT molecular complexity index is 691. The monoisotopic (exact) mass is 393 g/mol. The van der Waals surface area contributed by atoms with Gasteiger partial charge in [0.2, 0.25) is 5.91 Å². The molecular formula is C20H24ClNO3S. The molecule has 2 rings (SSSR count). The van der Waals surface area contributed by atoms with Crippen LogP contribution < -0.4 is 14.8 Å². The maximum absolute atomic E-state index is 12.5. The molecule has 2 aromatic rings. The van der Waals surface area contributed by atoms with Gasteiger partial charge in [-0.2, -0.15) is 0 Å². The largest absolute Gasteiger partial charge is 0.497 e. The average molecular weight is 394 g/mol. The third-order valence-electron chi connectivity index (χ3n) is 3.70. The second-order valence-electron chi connectivity index (χ2n) is 5.86. The first kappa shape index (κ1) is 20.5. The predicted octanol–water partition coefficient (Wildman–Crippen LogP) is 4.80. The molecule has 140 valence electrons. The minimum atomic E-state index is -0.153. The summed E-state index contributed by atoms with van der Waals surface area (Å²) in [6, 6.07) is 14.8. The van der Waals surface area contributed by atoms with E-state index in [0.717, 1.165) is 22.8 Å². The molecule has 0 saturated carbocycles. The summed E-state index contributed by atoms with van der Waals surface area (Å²) in [6.07, 6.45) is 0.741. The molecule has 6 heteroatoms. The lowest BCUT2D eigenvalue weighted by Crippen LogP contribution is -2.41. The van der Waals surface area contributed by atoms with E-state index in [-0.39, 0.29) is 17.2 Å². The molecule has 2 atom stereocenters. The van der Waals surface area contributed by atoms with Crippen molar-refractivity contribution >= 4 is 29.3 Å². The molecule has 0 fully saturated rings. The summed E-state index contributed by atoms with van der Waals surface area (Å²) in [7, 11) is 1.62. The summed E-state index contributed by atoms with van der Waals surface area (Å²) >= 11 is 7.45. The van der Waals surface area contributed by atoms with Crippen molar-refractivity contribution in [1.29, 1.82) is 0 Å². The molecule has 0 spiro atoms. The highest BCUT2D eigenvalue weighted by Gasteiger charge is 2.19. The number of rotatable bonds is 9. The second-order valence-corrected chi connectivity index (χ2v) is 7.58. The highest BCUT2D eigenvalue weighted by atomic mass is 35.5.